The molecule has 2 aromatic heterocycles. The molecular formula is C27H25N5O2. The summed E-state index contributed by atoms with van der Waals surface area (Å²) in [5.41, 5.74) is 3.51. The van der Waals surface area contributed by atoms with Gasteiger partial charge in [-0.15, -0.1) is 0 Å². The van der Waals surface area contributed by atoms with Gasteiger partial charge >= 0.3 is 0 Å². The van der Waals surface area contributed by atoms with Gasteiger partial charge in [-0.25, -0.2) is 9.97 Å². The van der Waals surface area contributed by atoms with E-state index in [1.807, 2.05) is 56.3 Å². The van der Waals surface area contributed by atoms with E-state index in [0.29, 0.717) is 28.0 Å². The molecule has 0 aliphatic carbocycles. The summed E-state index contributed by atoms with van der Waals surface area (Å²) in [7, 11) is 0. The number of carbonyl (C=O) groups is 1. The standard InChI is InChI=1S/C27H25N5O2/c1-16(2)24(25-29-22-10-6-7-11-23(22)30-25)31-26(33)18-12-14-19(15-13-18)32-17(3)28-21-9-5-4-8-20(21)27(32)34/h4-16,24H,1-3H3,(H,29,30)(H,31,33). The maximum atomic E-state index is 13.1. The Labute approximate surface area is 196 Å². The van der Waals surface area contributed by atoms with E-state index in [0.717, 1.165) is 16.9 Å². The molecule has 1 unspecified atom stereocenters. The van der Waals surface area contributed by atoms with E-state index in [2.05, 4.69) is 20.3 Å². The van der Waals surface area contributed by atoms with E-state index in [4.69, 9.17) is 0 Å². The number of carbonyl (C=O) groups excluding carboxylic acids is 1. The van der Waals surface area contributed by atoms with Crippen LogP contribution in [0, 0.1) is 12.8 Å². The lowest BCUT2D eigenvalue weighted by molar-refractivity contribution is 0.0923. The summed E-state index contributed by atoms with van der Waals surface area (Å²) in [5, 5.41) is 3.66. The Bertz CT molecular complexity index is 1530. The van der Waals surface area contributed by atoms with Crippen molar-refractivity contribution < 1.29 is 4.79 Å². The summed E-state index contributed by atoms with van der Waals surface area (Å²) in [6.07, 6.45) is 0. The van der Waals surface area contributed by atoms with Crippen LogP contribution >= 0.6 is 0 Å². The molecule has 0 aliphatic rings. The number of rotatable bonds is 5. The van der Waals surface area contributed by atoms with E-state index in [9.17, 15) is 9.59 Å². The van der Waals surface area contributed by atoms with Crippen molar-refractivity contribution in [2.75, 3.05) is 0 Å². The molecule has 0 spiro atoms. The van der Waals surface area contributed by atoms with Crippen LogP contribution in [0.3, 0.4) is 0 Å². The third kappa shape index (κ3) is 3.85. The Morgan fingerprint density at radius 3 is 2.29 bits per heavy atom. The van der Waals surface area contributed by atoms with Crippen LogP contribution in [0.1, 0.15) is 41.9 Å². The summed E-state index contributed by atoms with van der Waals surface area (Å²) in [4.78, 5) is 38.7. The second-order valence-corrected chi connectivity index (χ2v) is 8.70. The molecule has 5 rings (SSSR count). The van der Waals surface area contributed by atoms with Crippen LogP contribution in [0.15, 0.2) is 77.6 Å². The Morgan fingerprint density at radius 1 is 0.912 bits per heavy atom. The molecule has 7 heteroatoms. The molecule has 3 aromatic carbocycles. The Kier molecular flexibility index (Phi) is 5.45. The first-order valence-corrected chi connectivity index (χ1v) is 11.3. The smallest absolute Gasteiger partial charge is 0.265 e. The number of aryl methyl sites for hydroxylation is 1. The molecule has 0 radical (unpaired) electrons. The van der Waals surface area contributed by atoms with Gasteiger partial charge in [0.1, 0.15) is 11.6 Å². The highest BCUT2D eigenvalue weighted by Crippen LogP contribution is 2.23. The zero-order valence-electron chi connectivity index (χ0n) is 19.2. The summed E-state index contributed by atoms with van der Waals surface area (Å²) in [6, 6.07) is 21.8. The lowest BCUT2D eigenvalue weighted by Gasteiger charge is -2.20. The van der Waals surface area contributed by atoms with Crippen LogP contribution in [0.5, 0.6) is 0 Å². The number of hydrogen-bond donors (Lipinski definition) is 2. The Balaban J connectivity index is 1.42. The van der Waals surface area contributed by atoms with Crippen LogP contribution in [-0.2, 0) is 0 Å². The molecule has 7 nitrogen and oxygen atoms in total. The molecule has 0 fully saturated rings. The Morgan fingerprint density at radius 2 is 1.59 bits per heavy atom. The van der Waals surface area contributed by atoms with Crippen molar-refractivity contribution in [2.45, 2.75) is 26.8 Å². The fourth-order valence-corrected chi connectivity index (χ4v) is 4.20. The first-order valence-electron chi connectivity index (χ1n) is 11.3. The number of para-hydroxylation sites is 3. The summed E-state index contributed by atoms with van der Waals surface area (Å²) in [5.74, 6) is 1.25. The van der Waals surface area contributed by atoms with Gasteiger partial charge in [0.15, 0.2) is 0 Å². The monoisotopic (exact) mass is 451 g/mol. The second-order valence-electron chi connectivity index (χ2n) is 8.70. The van der Waals surface area contributed by atoms with Crippen LogP contribution in [0.25, 0.3) is 27.6 Å². The predicted molar refractivity (Wildman–Crippen MR) is 133 cm³/mol. The van der Waals surface area contributed by atoms with E-state index < -0.39 is 0 Å². The van der Waals surface area contributed by atoms with Crippen molar-refractivity contribution in [3.05, 3.63) is 100 Å². The topological polar surface area (TPSA) is 92.7 Å². The van der Waals surface area contributed by atoms with Crippen LogP contribution in [-0.4, -0.2) is 25.4 Å². The van der Waals surface area contributed by atoms with Gasteiger partial charge in [-0.1, -0.05) is 38.1 Å². The highest BCUT2D eigenvalue weighted by atomic mass is 16.1. The van der Waals surface area contributed by atoms with E-state index in [1.165, 1.54) is 0 Å². The van der Waals surface area contributed by atoms with E-state index >= 15 is 0 Å². The molecular weight excluding hydrogens is 426 g/mol. The van der Waals surface area contributed by atoms with Crippen LogP contribution in [0.4, 0.5) is 0 Å². The normalized spacial score (nSPS) is 12.4. The zero-order chi connectivity index (χ0) is 23.8. The lowest BCUT2D eigenvalue weighted by atomic mass is 10.0. The fraction of sp³-hybridized carbons (Fsp3) is 0.185. The van der Waals surface area contributed by atoms with Gasteiger partial charge in [0, 0.05) is 5.56 Å². The third-order valence-electron chi connectivity index (χ3n) is 5.99. The van der Waals surface area contributed by atoms with E-state index in [1.54, 1.807) is 41.8 Å². The number of amides is 1. The summed E-state index contributed by atoms with van der Waals surface area (Å²) in [6.45, 7) is 5.89. The first kappa shape index (κ1) is 21.6. The molecule has 0 bridgehead atoms. The molecule has 34 heavy (non-hydrogen) atoms. The minimum Gasteiger partial charge on any atom is -0.342 e. The molecule has 2 heterocycles. The predicted octanol–water partition coefficient (Wildman–Crippen LogP) is 4.70. The van der Waals surface area contributed by atoms with E-state index in [-0.39, 0.29) is 23.4 Å². The molecule has 0 aliphatic heterocycles. The molecule has 170 valence electrons. The van der Waals surface area contributed by atoms with Gasteiger partial charge in [-0.3, -0.25) is 14.2 Å². The van der Waals surface area contributed by atoms with Gasteiger partial charge in [-0.2, -0.15) is 0 Å². The molecule has 0 saturated carbocycles. The number of imidazole rings is 1. The molecule has 5 aromatic rings. The fourth-order valence-electron chi connectivity index (χ4n) is 4.20. The average Bonchev–Trinajstić information content (AvgIpc) is 3.26. The maximum absolute atomic E-state index is 13.1. The van der Waals surface area contributed by atoms with Gasteiger partial charge in [0.05, 0.1) is 33.7 Å². The summed E-state index contributed by atoms with van der Waals surface area (Å²) < 4.78 is 1.56. The Hall–Kier alpha value is -4.26. The minimum absolute atomic E-state index is 0.133. The third-order valence-corrected chi connectivity index (χ3v) is 5.99. The first-order chi connectivity index (χ1) is 16.4. The largest absolute Gasteiger partial charge is 0.342 e. The zero-order valence-corrected chi connectivity index (χ0v) is 19.2. The highest BCUT2D eigenvalue weighted by molar-refractivity contribution is 5.94. The van der Waals surface area contributed by atoms with Crippen LogP contribution in [0.2, 0.25) is 0 Å². The number of aromatic nitrogens is 4. The van der Waals surface area contributed by atoms with Gasteiger partial charge in [0.25, 0.3) is 11.5 Å². The average molecular weight is 452 g/mol. The molecule has 0 saturated heterocycles. The molecule has 1 amide bonds. The maximum Gasteiger partial charge on any atom is 0.265 e. The second kappa shape index (κ2) is 8.59. The lowest BCUT2D eigenvalue weighted by Crippen LogP contribution is -2.32. The van der Waals surface area contributed by atoms with Crippen molar-refractivity contribution in [1.82, 2.24) is 24.8 Å². The van der Waals surface area contributed by atoms with Crippen LogP contribution < -0.4 is 10.9 Å². The van der Waals surface area contributed by atoms with Crippen molar-refractivity contribution >= 4 is 27.8 Å². The number of aromatic amines is 1. The number of H-pyrrole nitrogens is 1. The van der Waals surface area contributed by atoms with Gasteiger partial charge < -0.3 is 10.3 Å². The number of fused-ring (bicyclic) bond motifs is 2. The molecule has 1 atom stereocenters. The quantitative estimate of drug-likeness (QED) is 0.405. The minimum atomic E-state index is -0.269. The number of hydrogen-bond acceptors (Lipinski definition) is 4. The molecule has 2 N–H and O–H groups in total. The van der Waals surface area contributed by atoms with Crippen molar-refractivity contribution in [1.29, 1.82) is 0 Å². The summed E-state index contributed by atoms with van der Waals surface area (Å²) >= 11 is 0. The highest BCUT2D eigenvalue weighted by Gasteiger charge is 2.22. The van der Waals surface area contributed by atoms with Crippen molar-refractivity contribution in [2.24, 2.45) is 5.92 Å². The number of benzene rings is 3. The SMILES string of the molecule is Cc1nc2ccccc2c(=O)n1-c1ccc(C(=O)NC(c2nc3ccccc3[nH]2)C(C)C)cc1. The number of nitrogens with one attached hydrogen (secondary N) is 2. The van der Waals surface area contributed by atoms with Gasteiger partial charge in [-0.05, 0) is 61.4 Å². The number of nitrogens with zero attached hydrogens (tertiary/aromatic N) is 3. The van der Waals surface area contributed by atoms with Crippen molar-refractivity contribution in [3.8, 4) is 5.69 Å². The van der Waals surface area contributed by atoms with Gasteiger partial charge in [0.2, 0.25) is 0 Å². The van der Waals surface area contributed by atoms with Crippen molar-refractivity contribution in [3.63, 3.8) is 0 Å².